The molecule has 8 aromatic rings. The minimum absolute atomic E-state index is 0.0373. The molecule has 0 spiro atoms. The molecule has 1 atom stereocenters. The number of allylic oxidation sites excluding steroid dienone is 1. The molecule has 0 fully saturated rings. The first-order valence-corrected chi connectivity index (χ1v) is 29.7. The summed E-state index contributed by atoms with van der Waals surface area (Å²) in [6, 6.07) is 61.1. The second kappa shape index (κ2) is 15.8. The molecule has 0 amide bonds. The van der Waals surface area contributed by atoms with Gasteiger partial charge in [0.1, 0.15) is 0 Å². The van der Waals surface area contributed by atoms with Gasteiger partial charge in [-0.3, -0.25) is 0 Å². The molecule has 0 aliphatic heterocycles. The van der Waals surface area contributed by atoms with Crippen LogP contribution in [0.15, 0.2) is 163 Å². The summed E-state index contributed by atoms with van der Waals surface area (Å²) >= 11 is -1.19. The van der Waals surface area contributed by atoms with Gasteiger partial charge in [0.05, 0.1) is 0 Å². The normalized spacial score (nSPS) is 14.6. The van der Waals surface area contributed by atoms with Crippen LogP contribution in [0.2, 0.25) is 0 Å². The van der Waals surface area contributed by atoms with Crippen molar-refractivity contribution in [3.05, 3.63) is 202 Å². The van der Waals surface area contributed by atoms with Crippen molar-refractivity contribution in [3.63, 3.8) is 0 Å². The van der Waals surface area contributed by atoms with Gasteiger partial charge in [-0.15, -0.1) is 0 Å². The van der Waals surface area contributed by atoms with Crippen LogP contribution >= 0.6 is 0 Å². The molecule has 0 aromatic heterocycles. The van der Waals surface area contributed by atoms with E-state index in [9.17, 15) is 0 Å². The van der Waals surface area contributed by atoms with Crippen molar-refractivity contribution in [1.82, 2.24) is 0 Å². The summed E-state index contributed by atoms with van der Waals surface area (Å²) in [4.78, 5) is 0. The summed E-state index contributed by atoms with van der Waals surface area (Å²) in [5, 5.41) is 8.46. The zero-order valence-corrected chi connectivity index (χ0v) is 40.5. The molecule has 10 rings (SSSR count). The van der Waals surface area contributed by atoms with Crippen molar-refractivity contribution in [1.29, 1.82) is 0 Å². The van der Waals surface area contributed by atoms with Crippen molar-refractivity contribution in [2.75, 3.05) is 0 Å². The Morgan fingerprint density at radius 1 is 0.574 bits per heavy atom. The van der Waals surface area contributed by atoms with Gasteiger partial charge in [-0.25, -0.2) is 0 Å². The van der Waals surface area contributed by atoms with E-state index < -0.39 is 28.3 Å². The number of hydrogen-bond donors (Lipinski definition) is 0. The SMILES string of the molecule is CCCC1=Cc2c(-c3cc4ccccc4c4ccccc34)cccc2C1c1c2c(c[c]([Zr][SiH](c3ccccc3)c3ccccc3)c1C(C)(C)C)-c1ccc(C(C)(C)C)cc1C2. The molecule has 0 N–H and O–H groups in total. The number of benzene rings is 8. The van der Waals surface area contributed by atoms with E-state index in [-0.39, 0.29) is 16.7 Å². The minimum atomic E-state index is -1.51. The molecular formula is C59H56SiZr. The Kier molecular flexibility index (Phi) is 10.4. The molecule has 2 aliphatic carbocycles. The van der Waals surface area contributed by atoms with Crippen LogP contribution < -0.4 is 13.6 Å². The second-order valence-corrected chi connectivity index (χ2v) is 29.8. The molecule has 61 heavy (non-hydrogen) atoms. The van der Waals surface area contributed by atoms with Crippen molar-refractivity contribution < 1.29 is 22.4 Å². The van der Waals surface area contributed by atoms with Gasteiger partial charge in [-0.1, -0.05) is 6.07 Å². The van der Waals surface area contributed by atoms with E-state index in [2.05, 4.69) is 212 Å². The summed E-state index contributed by atoms with van der Waals surface area (Å²) in [5.74, 6) is -1.29. The number of hydrogen-bond acceptors (Lipinski definition) is 0. The first kappa shape index (κ1) is 40.2. The summed E-state index contributed by atoms with van der Waals surface area (Å²) in [6.45, 7) is 17.0. The van der Waals surface area contributed by atoms with Crippen molar-refractivity contribution in [2.45, 2.75) is 84.5 Å². The van der Waals surface area contributed by atoms with Gasteiger partial charge >= 0.3 is 372 Å². The standard InChI is InChI=1S/C47H45.C12H11Si.Zr/c1-8-14-30-27-41-37(40-26-29-15-9-10-16-33(29)35-17-11-12-18-36(35)40)19-13-20-39(41)44(30)45-42-28-31-25-32(46(2,3)4)21-22-34(31)38(42)23-24-43(45)47(5,6)7;1-3-7-11(8-4-1)13-12-9-5-2-6-10-12;/h9-13,15-23,25-27,44H,8,14,28H2,1-7H3;1-10,13H;. The van der Waals surface area contributed by atoms with Gasteiger partial charge in [0, 0.05) is 0 Å². The predicted molar refractivity (Wildman–Crippen MR) is 263 cm³/mol. The predicted octanol–water partition coefficient (Wildman–Crippen LogP) is 13.4. The van der Waals surface area contributed by atoms with Crippen LogP contribution in [0.4, 0.5) is 0 Å². The molecular weight excluding hydrogens is 828 g/mol. The van der Waals surface area contributed by atoms with E-state index in [1.807, 2.05) is 0 Å². The van der Waals surface area contributed by atoms with E-state index in [0.717, 1.165) is 19.3 Å². The summed E-state index contributed by atoms with van der Waals surface area (Å²) in [5.41, 5.74) is 18.0. The second-order valence-electron chi connectivity index (χ2n) is 19.6. The average molecular weight is 884 g/mol. The Labute approximate surface area is 375 Å². The molecule has 2 heteroatoms. The van der Waals surface area contributed by atoms with Gasteiger partial charge in [-0.05, 0) is 0 Å². The Balaban J connectivity index is 1.25. The Morgan fingerprint density at radius 3 is 1.90 bits per heavy atom. The van der Waals surface area contributed by atoms with Crippen molar-refractivity contribution >= 4 is 47.2 Å². The average Bonchev–Trinajstić information content (AvgIpc) is 3.82. The van der Waals surface area contributed by atoms with Crippen LogP contribution in [0.1, 0.15) is 106 Å². The maximum absolute atomic E-state index is 2.75. The molecule has 1 unspecified atom stereocenters. The fourth-order valence-corrected chi connectivity index (χ4v) is 24.1. The molecule has 0 bridgehead atoms. The molecule has 0 radical (unpaired) electrons. The van der Waals surface area contributed by atoms with Gasteiger partial charge in [-0.2, -0.15) is 0 Å². The Hall–Kier alpha value is -4.88. The fraction of sp³-hybridized carbons (Fsp3) is 0.220. The van der Waals surface area contributed by atoms with E-state index in [0.29, 0.717) is 0 Å². The van der Waals surface area contributed by atoms with E-state index in [4.69, 9.17) is 0 Å². The molecule has 0 saturated heterocycles. The first-order valence-electron chi connectivity index (χ1n) is 22.4. The van der Waals surface area contributed by atoms with Crippen LogP contribution in [0.5, 0.6) is 0 Å². The van der Waals surface area contributed by atoms with Gasteiger partial charge in [0.15, 0.2) is 0 Å². The quantitative estimate of drug-likeness (QED) is 0.105. The van der Waals surface area contributed by atoms with E-state index in [1.54, 1.807) is 35.9 Å². The number of fused-ring (bicyclic) bond motifs is 7. The molecule has 8 aromatic carbocycles. The third-order valence-electron chi connectivity index (χ3n) is 13.5. The fourth-order valence-electron chi connectivity index (χ4n) is 10.7. The van der Waals surface area contributed by atoms with Crippen LogP contribution in [0.25, 0.3) is 49.9 Å². The molecule has 2 aliphatic rings. The third kappa shape index (κ3) is 7.19. The maximum atomic E-state index is 2.75. The van der Waals surface area contributed by atoms with E-state index >= 15 is 0 Å². The van der Waals surface area contributed by atoms with Crippen molar-refractivity contribution in [3.8, 4) is 22.3 Å². The monoisotopic (exact) mass is 882 g/mol. The van der Waals surface area contributed by atoms with Crippen molar-refractivity contribution in [2.24, 2.45) is 0 Å². The molecule has 300 valence electrons. The number of rotatable bonds is 8. The van der Waals surface area contributed by atoms with Crippen LogP contribution in [0, 0.1) is 0 Å². The Bertz CT molecular complexity index is 2960. The van der Waals surface area contributed by atoms with Crippen LogP contribution in [0.3, 0.4) is 0 Å². The van der Waals surface area contributed by atoms with Gasteiger partial charge in [0.25, 0.3) is 0 Å². The summed E-state index contributed by atoms with van der Waals surface area (Å²) in [7, 11) is 0. The molecule has 0 heterocycles. The van der Waals surface area contributed by atoms with Crippen LogP contribution in [-0.2, 0) is 39.6 Å². The molecule has 0 nitrogen and oxygen atoms in total. The first-order chi connectivity index (χ1) is 29.5. The van der Waals surface area contributed by atoms with Gasteiger partial charge < -0.3 is 0 Å². The third-order valence-corrected chi connectivity index (χ3v) is 26.5. The zero-order chi connectivity index (χ0) is 42.0. The van der Waals surface area contributed by atoms with Gasteiger partial charge in [0.2, 0.25) is 0 Å². The molecule has 0 saturated carbocycles. The summed E-state index contributed by atoms with van der Waals surface area (Å²) in [6.07, 6.45) is 5.85. The van der Waals surface area contributed by atoms with E-state index in [1.165, 1.54) is 66.1 Å². The van der Waals surface area contributed by atoms with Crippen LogP contribution in [-0.4, -0.2) is 5.92 Å². The zero-order valence-electron chi connectivity index (χ0n) is 36.9. The Morgan fingerprint density at radius 2 is 1.23 bits per heavy atom. The summed E-state index contributed by atoms with van der Waals surface area (Å²) < 4.78 is 1.71. The topological polar surface area (TPSA) is 0 Å².